The molecule has 0 unspecified atom stereocenters. The molecule has 0 spiro atoms. The van der Waals surface area contributed by atoms with E-state index in [4.69, 9.17) is 0 Å². The van der Waals surface area contributed by atoms with Gasteiger partial charge >= 0.3 is 0 Å². The minimum atomic E-state index is -3.86. The molecule has 0 atom stereocenters. The van der Waals surface area contributed by atoms with Gasteiger partial charge in [-0.3, -0.25) is 19.4 Å². The minimum absolute atomic E-state index is 0.0292. The number of aryl methyl sites for hydroxylation is 1. The van der Waals surface area contributed by atoms with E-state index in [9.17, 15) is 13.2 Å². The normalized spacial score (nSPS) is 14.6. The van der Waals surface area contributed by atoms with Crippen LogP contribution < -0.4 is 4.72 Å². The fraction of sp³-hybridized carbons (Fsp3) is 0.241. The first kappa shape index (κ1) is 24.9. The fourth-order valence-corrected chi connectivity index (χ4v) is 6.00. The highest BCUT2D eigenvalue weighted by atomic mass is 32.2. The summed E-state index contributed by atoms with van der Waals surface area (Å²) in [4.78, 5) is 21.8. The Bertz CT molecular complexity index is 1510. The van der Waals surface area contributed by atoms with E-state index in [2.05, 4.69) is 38.9 Å². The highest BCUT2D eigenvalue weighted by Gasteiger charge is 2.23. The molecule has 0 bridgehead atoms. The van der Waals surface area contributed by atoms with Crippen LogP contribution in [0.2, 0.25) is 0 Å². The maximum atomic E-state index is 13.2. The predicted octanol–water partition coefficient (Wildman–Crippen LogP) is 4.34. The van der Waals surface area contributed by atoms with E-state index in [0.717, 1.165) is 31.4 Å². The summed E-state index contributed by atoms with van der Waals surface area (Å²) >= 11 is 0. The van der Waals surface area contributed by atoms with Crippen LogP contribution >= 0.6 is 0 Å². The molecule has 0 aliphatic carbocycles. The number of hydrogen-bond donors (Lipinski definition) is 1. The molecule has 8 heteroatoms. The number of para-hydroxylation sites is 1. The zero-order valence-corrected chi connectivity index (χ0v) is 21.6. The molecular weight excluding hydrogens is 484 g/mol. The number of carbonyl (C=O) groups is 1. The number of piperazine rings is 1. The van der Waals surface area contributed by atoms with Crippen LogP contribution in [0.1, 0.15) is 21.5 Å². The van der Waals surface area contributed by atoms with E-state index in [1.807, 2.05) is 23.1 Å². The second-order valence-electron chi connectivity index (χ2n) is 9.34. The van der Waals surface area contributed by atoms with Gasteiger partial charge in [-0.15, -0.1) is 0 Å². The smallest absolute Gasteiger partial charge is 0.264 e. The molecule has 5 rings (SSSR count). The summed E-state index contributed by atoms with van der Waals surface area (Å²) in [6, 6.07) is 24.2. The lowest BCUT2D eigenvalue weighted by molar-refractivity contribution is 0.0638. The van der Waals surface area contributed by atoms with Crippen molar-refractivity contribution in [2.75, 3.05) is 37.4 Å². The Kier molecular flexibility index (Phi) is 7.21. The zero-order chi connectivity index (χ0) is 25.8. The van der Waals surface area contributed by atoms with Gasteiger partial charge in [0.1, 0.15) is 4.90 Å². The first-order chi connectivity index (χ1) is 17.9. The largest absolute Gasteiger partial charge is 0.336 e. The topological polar surface area (TPSA) is 82.6 Å². The number of pyridine rings is 1. The van der Waals surface area contributed by atoms with E-state index < -0.39 is 10.0 Å². The summed E-state index contributed by atoms with van der Waals surface area (Å²) < 4.78 is 29.0. The van der Waals surface area contributed by atoms with E-state index in [-0.39, 0.29) is 10.8 Å². The number of nitrogens with one attached hydrogen (secondary N) is 1. The molecule has 0 saturated carbocycles. The third-order valence-electron chi connectivity index (χ3n) is 6.82. The van der Waals surface area contributed by atoms with Crippen molar-refractivity contribution < 1.29 is 13.2 Å². The number of hydrogen-bond acceptors (Lipinski definition) is 5. The number of benzene rings is 3. The molecule has 1 aliphatic heterocycles. The van der Waals surface area contributed by atoms with Gasteiger partial charge in [-0.2, -0.15) is 0 Å². The van der Waals surface area contributed by atoms with Crippen LogP contribution in [0, 0.1) is 6.92 Å². The Morgan fingerprint density at radius 1 is 0.919 bits per heavy atom. The molecule has 1 aromatic heterocycles. The molecule has 190 valence electrons. The van der Waals surface area contributed by atoms with Crippen molar-refractivity contribution in [3.8, 4) is 0 Å². The van der Waals surface area contributed by atoms with Gasteiger partial charge in [0.15, 0.2) is 0 Å². The number of aromatic nitrogens is 1. The Morgan fingerprint density at radius 2 is 1.68 bits per heavy atom. The molecule has 2 heterocycles. The van der Waals surface area contributed by atoms with Crippen LogP contribution in [-0.2, 0) is 16.4 Å². The summed E-state index contributed by atoms with van der Waals surface area (Å²) in [6.07, 6.45) is 2.58. The Labute approximate surface area is 217 Å². The molecule has 37 heavy (non-hydrogen) atoms. The first-order valence-corrected chi connectivity index (χ1v) is 13.9. The molecule has 1 amide bonds. The van der Waals surface area contributed by atoms with Crippen LogP contribution in [0.15, 0.2) is 90.0 Å². The summed E-state index contributed by atoms with van der Waals surface area (Å²) in [5.74, 6) is -0.0292. The van der Waals surface area contributed by atoms with Crippen molar-refractivity contribution in [1.29, 1.82) is 0 Å². The summed E-state index contributed by atoms with van der Waals surface area (Å²) in [6.45, 7) is 5.82. The van der Waals surface area contributed by atoms with Crippen molar-refractivity contribution >= 4 is 32.5 Å². The number of fused-ring (bicyclic) bond motifs is 1. The Hall–Kier alpha value is -3.75. The number of sulfonamides is 1. The number of amides is 1. The van der Waals surface area contributed by atoms with Gasteiger partial charge in [0.05, 0.1) is 11.2 Å². The molecule has 1 saturated heterocycles. The highest BCUT2D eigenvalue weighted by Crippen LogP contribution is 2.25. The molecule has 3 aromatic carbocycles. The quantitative estimate of drug-likeness (QED) is 0.397. The maximum absolute atomic E-state index is 13.2. The van der Waals surface area contributed by atoms with Gasteiger partial charge < -0.3 is 4.90 Å². The van der Waals surface area contributed by atoms with Crippen molar-refractivity contribution in [3.63, 3.8) is 0 Å². The van der Waals surface area contributed by atoms with Crippen molar-refractivity contribution in [1.82, 2.24) is 14.8 Å². The lowest BCUT2D eigenvalue weighted by atomic mass is 10.1. The van der Waals surface area contributed by atoms with E-state index in [1.54, 1.807) is 49.5 Å². The van der Waals surface area contributed by atoms with E-state index in [0.29, 0.717) is 35.4 Å². The van der Waals surface area contributed by atoms with Crippen LogP contribution in [0.3, 0.4) is 0 Å². The average Bonchev–Trinajstić information content (AvgIpc) is 2.93. The summed E-state index contributed by atoms with van der Waals surface area (Å²) in [7, 11) is -3.86. The van der Waals surface area contributed by atoms with Gasteiger partial charge in [-0.05, 0) is 54.8 Å². The molecule has 4 aromatic rings. The van der Waals surface area contributed by atoms with Crippen molar-refractivity contribution in [3.05, 3.63) is 102 Å². The average molecular weight is 515 g/mol. The first-order valence-electron chi connectivity index (χ1n) is 12.4. The third-order valence-corrected chi connectivity index (χ3v) is 8.22. The van der Waals surface area contributed by atoms with Crippen LogP contribution in [0.5, 0.6) is 0 Å². The maximum Gasteiger partial charge on any atom is 0.264 e. The van der Waals surface area contributed by atoms with Crippen LogP contribution in [-0.4, -0.2) is 61.8 Å². The fourth-order valence-electron chi connectivity index (χ4n) is 4.69. The zero-order valence-electron chi connectivity index (χ0n) is 20.8. The Balaban J connectivity index is 1.22. The number of anilines is 1. The summed E-state index contributed by atoms with van der Waals surface area (Å²) in [5, 5.41) is 0.753. The van der Waals surface area contributed by atoms with Gasteiger partial charge in [0.25, 0.3) is 15.9 Å². The van der Waals surface area contributed by atoms with Gasteiger partial charge in [-0.1, -0.05) is 48.5 Å². The molecule has 7 nitrogen and oxygen atoms in total. The van der Waals surface area contributed by atoms with Gasteiger partial charge in [-0.25, -0.2) is 8.42 Å². The molecule has 1 fully saturated rings. The van der Waals surface area contributed by atoms with Crippen LogP contribution in [0.4, 0.5) is 5.69 Å². The number of carbonyl (C=O) groups excluding carboxylic acids is 1. The lowest BCUT2D eigenvalue weighted by Crippen LogP contribution is -2.49. The van der Waals surface area contributed by atoms with Gasteiger partial charge in [0, 0.05) is 49.9 Å². The molecule has 1 aliphatic rings. The number of nitrogens with zero attached hydrogens (tertiary/aromatic N) is 3. The Morgan fingerprint density at radius 3 is 2.43 bits per heavy atom. The lowest BCUT2D eigenvalue weighted by Gasteiger charge is -2.35. The monoisotopic (exact) mass is 514 g/mol. The minimum Gasteiger partial charge on any atom is -0.336 e. The second-order valence-corrected chi connectivity index (χ2v) is 11.0. The van der Waals surface area contributed by atoms with Crippen LogP contribution in [0.25, 0.3) is 10.9 Å². The van der Waals surface area contributed by atoms with E-state index in [1.165, 1.54) is 5.56 Å². The standard InChI is InChI=1S/C29H30N4O3S/c1-22-21-25(29(34)33-19-17-32(18-20-33)16-14-23-7-3-2-4-8-23)12-13-26(22)31-37(35,36)27-11-5-9-24-10-6-15-30-28(24)27/h2-13,15,21,31H,14,16-20H2,1H3. The molecule has 1 N–H and O–H groups in total. The third kappa shape index (κ3) is 5.65. The molecular formula is C29H30N4O3S. The van der Waals surface area contributed by atoms with Crippen molar-refractivity contribution in [2.45, 2.75) is 18.2 Å². The van der Waals surface area contributed by atoms with Crippen molar-refractivity contribution in [2.24, 2.45) is 0 Å². The predicted molar refractivity (Wildman–Crippen MR) is 146 cm³/mol. The van der Waals surface area contributed by atoms with Gasteiger partial charge in [0.2, 0.25) is 0 Å². The second kappa shape index (κ2) is 10.7. The highest BCUT2D eigenvalue weighted by molar-refractivity contribution is 7.93. The van der Waals surface area contributed by atoms with E-state index >= 15 is 0 Å². The number of rotatable bonds is 7. The molecule has 0 radical (unpaired) electrons. The SMILES string of the molecule is Cc1cc(C(=O)N2CCN(CCc3ccccc3)CC2)ccc1NS(=O)(=O)c1cccc2cccnc12. The summed E-state index contributed by atoms with van der Waals surface area (Å²) in [5.41, 5.74) is 3.43.